The number of nitrogens with zero attached hydrogens (tertiary/aromatic N) is 1. The van der Waals surface area contributed by atoms with Crippen LogP contribution < -0.4 is 0 Å². The molecule has 1 aliphatic rings. The van der Waals surface area contributed by atoms with Crippen molar-refractivity contribution in [3.8, 4) is 6.26 Å². The van der Waals surface area contributed by atoms with Crippen LogP contribution in [0.4, 0.5) is 0 Å². The Morgan fingerprint density at radius 3 is 3.14 bits per heavy atom. The topological polar surface area (TPSA) is 45.5 Å². The van der Waals surface area contributed by atoms with Crippen LogP contribution in [0.15, 0.2) is 0 Å². The lowest BCUT2D eigenvalue weighted by molar-refractivity contribution is 0.228. The summed E-state index contributed by atoms with van der Waals surface area (Å²) in [5, 5.41) is 7.82. The Labute approximate surface area is 41.4 Å². The second-order valence-corrected chi connectivity index (χ2v) is 1.36. The fraction of sp³-hybridized carbons (Fsp3) is 0.750. The minimum absolute atomic E-state index is 0.208. The molecular formula is C4H5NO2. The highest BCUT2D eigenvalue weighted by Gasteiger charge is 2.22. The summed E-state index contributed by atoms with van der Waals surface area (Å²) in [6, 6.07) is 0. The van der Waals surface area contributed by atoms with Crippen molar-refractivity contribution < 1.29 is 9.47 Å². The average molecular weight is 99.1 g/mol. The van der Waals surface area contributed by atoms with E-state index >= 15 is 0 Å². The van der Waals surface area contributed by atoms with E-state index in [0.717, 1.165) is 6.61 Å². The summed E-state index contributed by atoms with van der Waals surface area (Å²) in [6.45, 7) is 1.18. The maximum atomic E-state index is 7.82. The quantitative estimate of drug-likeness (QED) is 0.358. The Bertz CT molecular complexity index is 92.4. The van der Waals surface area contributed by atoms with Gasteiger partial charge in [-0.1, -0.05) is 0 Å². The molecule has 1 atom stereocenters. The Hall–Kier alpha value is -0.750. The zero-order valence-electron chi connectivity index (χ0n) is 3.76. The smallest absolute Gasteiger partial charge is 0.286 e. The Balaban J connectivity index is 1.91. The molecule has 1 aliphatic heterocycles. The van der Waals surface area contributed by atoms with E-state index in [1.54, 1.807) is 6.26 Å². The van der Waals surface area contributed by atoms with Gasteiger partial charge in [0.15, 0.2) is 0 Å². The monoisotopic (exact) mass is 99.0 g/mol. The third-order valence-electron chi connectivity index (χ3n) is 0.736. The first kappa shape index (κ1) is 4.41. The number of rotatable bonds is 2. The van der Waals surface area contributed by atoms with Crippen LogP contribution in [0, 0.1) is 11.5 Å². The average Bonchev–Trinajstić information content (AvgIpc) is 2.42. The summed E-state index contributed by atoms with van der Waals surface area (Å²) >= 11 is 0. The first-order valence-electron chi connectivity index (χ1n) is 2.06. The highest BCUT2D eigenvalue weighted by Crippen LogP contribution is 2.07. The van der Waals surface area contributed by atoms with E-state index in [1.165, 1.54) is 0 Å². The Morgan fingerprint density at radius 2 is 2.71 bits per heavy atom. The Morgan fingerprint density at radius 1 is 2.00 bits per heavy atom. The lowest BCUT2D eigenvalue weighted by Crippen LogP contribution is -1.94. The highest BCUT2D eigenvalue weighted by atomic mass is 16.6. The van der Waals surface area contributed by atoms with Crippen LogP contribution in [0.3, 0.4) is 0 Å². The summed E-state index contributed by atoms with van der Waals surface area (Å²) < 4.78 is 9.07. The summed E-state index contributed by atoms with van der Waals surface area (Å²) in [5.41, 5.74) is 0. The van der Waals surface area contributed by atoms with Crippen molar-refractivity contribution in [1.82, 2.24) is 0 Å². The second kappa shape index (κ2) is 1.80. The van der Waals surface area contributed by atoms with E-state index in [2.05, 4.69) is 4.74 Å². The van der Waals surface area contributed by atoms with Crippen molar-refractivity contribution >= 4 is 0 Å². The molecule has 1 saturated heterocycles. The van der Waals surface area contributed by atoms with Crippen molar-refractivity contribution in [3.05, 3.63) is 0 Å². The zero-order valence-corrected chi connectivity index (χ0v) is 3.76. The fourth-order valence-corrected chi connectivity index (χ4v) is 0.294. The van der Waals surface area contributed by atoms with Crippen molar-refractivity contribution in [3.63, 3.8) is 0 Å². The molecule has 0 aliphatic carbocycles. The molecule has 0 aromatic rings. The SMILES string of the molecule is N#COCC1CO1. The lowest BCUT2D eigenvalue weighted by atomic mass is 10.5. The summed E-state index contributed by atoms with van der Waals surface area (Å²) in [7, 11) is 0. The molecule has 0 amide bonds. The van der Waals surface area contributed by atoms with Gasteiger partial charge in [0.25, 0.3) is 6.26 Å². The predicted octanol–water partition coefficient (Wildman–Crippen LogP) is -0.117. The van der Waals surface area contributed by atoms with Gasteiger partial charge in [0.1, 0.15) is 12.7 Å². The van der Waals surface area contributed by atoms with Crippen molar-refractivity contribution in [2.75, 3.05) is 13.2 Å². The predicted molar refractivity (Wildman–Crippen MR) is 21.3 cm³/mol. The summed E-state index contributed by atoms with van der Waals surface area (Å²) in [6.07, 6.45) is 1.77. The minimum atomic E-state index is 0.208. The molecule has 0 aromatic heterocycles. The van der Waals surface area contributed by atoms with Gasteiger partial charge in [-0.2, -0.15) is 5.26 Å². The normalized spacial score (nSPS) is 25.9. The van der Waals surface area contributed by atoms with Crippen molar-refractivity contribution in [1.29, 1.82) is 5.26 Å². The molecule has 0 bridgehead atoms. The van der Waals surface area contributed by atoms with E-state index in [1.807, 2.05) is 0 Å². The van der Waals surface area contributed by atoms with E-state index in [-0.39, 0.29) is 6.10 Å². The van der Waals surface area contributed by atoms with Gasteiger partial charge < -0.3 is 9.47 Å². The highest BCUT2D eigenvalue weighted by molar-refractivity contribution is 4.69. The largest absolute Gasteiger partial charge is 0.425 e. The van der Waals surface area contributed by atoms with Crippen molar-refractivity contribution in [2.45, 2.75) is 6.10 Å². The van der Waals surface area contributed by atoms with Crippen LogP contribution in [0.1, 0.15) is 0 Å². The lowest BCUT2D eigenvalue weighted by Gasteiger charge is -1.83. The minimum Gasteiger partial charge on any atom is -0.425 e. The van der Waals surface area contributed by atoms with Crippen LogP contribution in [0.2, 0.25) is 0 Å². The van der Waals surface area contributed by atoms with Gasteiger partial charge in [-0.05, 0) is 0 Å². The number of hydrogen-bond acceptors (Lipinski definition) is 3. The van der Waals surface area contributed by atoms with E-state index < -0.39 is 0 Å². The molecule has 0 spiro atoms. The summed E-state index contributed by atoms with van der Waals surface area (Å²) in [5.74, 6) is 0. The molecule has 3 nitrogen and oxygen atoms in total. The van der Waals surface area contributed by atoms with Gasteiger partial charge in [-0.15, -0.1) is 0 Å². The number of epoxide rings is 1. The molecule has 0 aromatic carbocycles. The van der Waals surface area contributed by atoms with E-state index in [9.17, 15) is 0 Å². The molecule has 1 heterocycles. The molecule has 0 radical (unpaired) electrons. The van der Waals surface area contributed by atoms with Crippen LogP contribution in [0.5, 0.6) is 0 Å². The van der Waals surface area contributed by atoms with E-state index in [0.29, 0.717) is 6.61 Å². The molecule has 1 unspecified atom stereocenters. The van der Waals surface area contributed by atoms with Crippen LogP contribution in [-0.4, -0.2) is 19.3 Å². The second-order valence-electron chi connectivity index (χ2n) is 1.36. The van der Waals surface area contributed by atoms with Crippen LogP contribution in [0.25, 0.3) is 0 Å². The maximum Gasteiger partial charge on any atom is 0.286 e. The third kappa shape index (κ3) is 1.42. The number of ether oxygens (including phenoxy) is 2. The molecular weight excluding hydrogens is 94.0 g/mol. The van der Waals surface area contributed by atoms with E-state index in [4.69, 9.17) is 10.00 Å². The Kier molecular flexibility index (Phi) is 1.14. The van der Waals surface area contributed by atoms with Gasteiger partial charge in [0, 0.05) is 0 Å². The van der Waals surface area contributed by atoms with Crippen LogP contribution in [-0.2, 0) is 9.47 Å². The molecule has 7 heavy (non-hydrogen) atoms. The molecule has 38 valence electrons. The van der Waals surface area contributed by atoms with Gasteiger partial charge >= 0.3 is 0 Å². The van der Waals surface area contributed by atoms with Crippen LogP contribution >= 0.6 is 0 Å². The number of hydrogen-bond donors (Lipinski definition) is 0. The van der Waals surface area contributed by atoms with Gasteiger partial charge in [0.05, 0.1) is 6.61 Å². The van der Waals surface area contributed by atoms with Gasteiger partial charge in [-0.25, -0.2) is 0 Å². The fourth-order valence-electron chi connectivity index (χ4n) is 0.294. The standard InChI is InChI=1S/C4H5NO2/c5-3-6-1-4-2-7-4/h4H,1-2H2. The first-order chi connectivity index (χ1) is 3.43. The van der Waals surface area contributed by atoms with Gasteiger partial charge in [0.2, 0.25) is 0 Å². The van der Waals surface area contributed by atoms with Crippen molar-refractivity contribution in [2.24, 2.45) is 0 Å². The third-order valence-corrected chi connectivity index (χ3v) is 0.736. The number of nitriles is 1. The molecule has 1 rings (SSSR count). The summed E-state index contributed by atoms with van der Waals surface area (Å²) in [4.78, 5) is 0. The first-order valence-corrected chi connectivity index (χ1v) is 2.06. The molecule has 1 fully saturated rings. The van der Waals surface area contributed by atoms with Gasteiger partial charge in [-0.3, -0.25) is 0 Å². The molecule has 0 N–H and O–H groups in total. The molecule has 3 heteroatoms. The maximum absolute atomic E-state index is 7.82. The zero-order chi connectivity index (χ0) is 5.11. The molecule has 0 saturated carbocycles.